The number of nitrogens with one attached hydrogen (secondary N) is 1. The van der Waals surface area contributed by atoms with Crippen molar-refractivity contribution < 1.29 is 9.47 Å². The number of ether oxygens (including phenoxy) is 2. The van der Waals surface area contributed by atoms with Crippen LogP contribution in [0.15, 0.2) is 0 Å². The molecule has 0 radical (unpaired) electrons. The molecule has 17 heavy (non-hydrogen) atoms. The predicted octanol–water partition coefficient (Wildman–Crippen LogP) is 1.70. The van der Waals surface area contributed by atoms with E-state index in [0.717, 1.165) is 26.0 Å². The lowest BCUT2D eigenvalue weighted by Crippen LogP contribution is -2.43. The zero-order valence-corrected chi connectivity index (χ0v) is 11.7. The van der Waals surface area contributed by atoms with E-state index in [1.54, 1.807) is 0 Å². The minimum Gasteiger partial charge on any atom is -0.352 e. The second-order valence-corrected chi connectivity index (χ2v) is 6.21. The van der Waals surface area contributed by atoms with Crippen LogP contribution >= 0.6 is 0 Å². The third-order valence-corrected chi connectivity index (χ3v) is 3.04. The van der Waals surface area contributed by atoms with Gasteiger partial charge in [-0.05, 0) is 24.8 Å². The van der Waals surface area contributed by atoms with Crippen molar-refractivity contribution in [1.82, 2.24) is 5.32 Å². The van der Waals surface area contributed by atoms with Crippen LogP contribution < -0.4 is 11.1 Å². The van der Waals surface area contributed by atoms with E-state index in [4.69, 9.17) is 15.2 Å². The van der Waals surface area contributed by atoms with Gasteiger partial charge in [-0.1, -0.05) is 27.7 Å². The number of hydrogen-bond acceptors (Lipinski definition) is 4. The summed E-state index contributed by atoms with van der Waals surface area (Å²) in [5.41, 5.74) is 6.28. The van der Waals surface area contributed by atoms with Crippen molar-refractivity contribution >= 4 is 0 Å². The molecule has 0 aromatic rings. The van der Waals surface area contributed by atoms with Crippen molar-refractivity contribution in [3.05, 3.63) is 0 Å². The lowest BCUT2D eigenvalue weighted by Gasteiger charge is -2.22. The minimum absolute atomic E-state index is 0.0644. The van der Waals surface area contributed by atoms with Gasteiger partial charge in [0.25, 0.3) is 0 Å². The highest BCUT2D eigenvalue weighted by Crippen LogP contribution is 2.20. The monoisotopic (exact) mass is 244 g/mol. The van der Waals surface area contributed by atoms with Gasteiger partial charge in [0, 0.05) is 5.92 Å². The summed E-state index contributed by atoms with van der Waals surface area (Å²) < 4.78 is 11.1. The van der Waals surface area contributed by atoms with Crippen molar-refractivity contribution in [3.63, 3.8) is 0 Å². The lowest BCUT2D eigenvalue weighted by atomic mass is 9.92. The minimum atomic E-state index is -0.103. The van der Waals surface area contributed by atoms with Gasteiger partial charge in [-0.3, -0.25) is 0 Å². The zero-order valence-electron chi connectivity index (χ0n) is 11.7. The van der Waals surface area contributed by atoms with E-state index in [-0.39, 0.29) is 12.5 Å². The van der Waals surface area contributed by atoms with Crippen molar-refractivity contribution in [2.24, 2.45) is 17.1 Å². The van der Waals surface area contributed by atoms with Crippen LogP contribution in [-0.4, -0.2) is 32.2 Å². The fourth-order valence-corrected chi connectivity index (χ4v) is 1.77. The van der Waals surface area contributed by atoms with E-state index in [9.17, 15) is 0 Å². The van der Waals surface area contributed by atoms with Crippen LogP contribution in [-0.2, 0) is 9.47 Å². The third kappa shape index (κ3) is 6.36. The Balaban J connectivity index is 2.07. The van der Waals surface area contributed by atoms with E-state index in [1.165, 1.54) is 0 Å². The first-order chi connectivity index (χ1) is 7.88. The fourth-order valence-electron chi connectivity index (χ4n) is 1.77. The van der Waals surface area contributed by atoms with Gasteiger partial charge in [-0.15, -0.1) is 0 Å². The van der Waals surface area contributed by atoms with E-state index in [2.05, 4.69) is 33.0 Å². The molecule has 1 fully saturated rings. The predicted molar refractivity (Wildman–Crippen MR) is 69.5 cm³/mol. The maximum absolute atomic E-state index is 5.93. The molecule has 1 unspecified atom stereocenters. The Morgan fingerprint density at radius 1 is 1.47 bits per heavy atom. The van der Waals surface area contributed by atoms with Crippen molar-refractivity contribution in [2.75, 3.05) is 19.8 Å². The first kappa shape index (κ1) is 14.9. The first-order valence-electron chi connectivity index (χ1n) is 6.61. The van der Waals surface area contributed by atoms with Crippen molar-refractivity contribution in [2.45, 2.75) is 53.0 Å². The van der Waals surface area contributed by atoms with E-state index in [1.807, 2.05) is 0 Å². The molecular formula is C13H28N2O2. The SMILES string of the molecule is C[C@@H]1CCO[C@H]1OCC(N)NCCC(C)(C)C. The number of nitrogens with two attached hydrogens (primary N) is 1. The summed E-state index contributed by atoms with van der Waals surface area (Å²) in [6.45, 7) is 11.1. The van der Waals surface area contributed by atoms with Crippen LogP contribution in [0.5, 0.6) is 0 Å². The molecule has 0 bridgehead atoms. The number of hydrogen-bond donors (Lipinski definition) is 2. The second kappa shape index (κ2) is 6.69. The standard InChI is InChI=1S/C13H28N2O2/c1-10-5-8-16-12(10)17-9-11(14)15-7-6-13(2,3)4/h10-12,15H,5-9,14H2,1-4H3/t10-,11?,12+/m1/s1. The van der Waals surface area contributed by atoms with Crippen LogP contribution in [0.1, 0.15) is 40.5 Å². The summed E-state index contributed by atoms with van der Waals surface area (Å²) >= 11 is 0. The topological polar surface area (TPSA) is 56.5 Å². The Hall–Kier alpha value is -0.160. The molecule has 3 atom stereocenters. The van der Waals surface area contributed by atoms with E-state index < -0.39 is 0 Å². The zero-order chi connectivity index (χ0) is 12.9. The van der Waals surface area contributed by atoms with Crippen LogP contribution in [0.25, 0.3) is 0 Å². The van der Waals surface area contributed by atoms with Gasteiger partial charge < -0.3 is 20.5 Å². The molecule has 0 spiro atoms. The average molecular weight is 244 g/mol. The quantitative estimate of drug-likeness (QED) is 0.698. The van der Waals surface area contributed by atoms with Crippen LogP contribution in [0, 0.1) is 11.3 Å². The molecule has 3 N–H and O–H groups in total. The van der Waals surface area contributed by atoms with E-state index >= 15 is 0 Å². The first-order valence-corrected chi connectivity index (χ1v) is 6.61. The van der Waals surface area contributed by atoms with Gasteiger partial charge in [0.05, 0.1) is 19.4 Å². The molecule has 0 saturated carbocycles. The fraction of sp³-hybridized carbons (Fsp3) is 1.00. The summed E-state index contributed by atoms with van der Waals surface area (Å²) in [4.78, 5) is 0. The molecule has 0 aromatic carbocycles. The Bertz CT molecular complexity index is 216. The molecule has 1 aliphatic heterocycles. The summed E-state index contributed by atoms with van der Waals surface area (Å²) in [7, 11) is 0. The van der Waals surface area contributed by atoms with Gasteiger partial charge in [0.2, 0.25) is 0 Å². The highest BCUT2D eigenvalue weighted by Gasteiger charge is 2.25. The van der Waals surface area contributed by atoms with Crippen molar-refractivity contribution in [3.8, 4) is 0 Å². The van der Waals surface area contributed by atoms with Crippen molar-refractivity contribution in [1.29, 1.82) is 0 Å². The summed E-state index contributed by atoms with van der Waals surface area (Å²) in [6, 6.07) is 0. The molecule has 1 rings (SSSR count). The molecule has 0 aromatic heterocycles. The van der Waals surface area contributed by atoms with Gasteiger partial charge in [0.1, 0.15) is 0 Å². The molecule has 1 heterocycles. The Labute approximate surface area is 105 Å². The summed E-state index contributed by atoms with van der Waals surface area (Å²) in [5.74, 6) is 0.483. The molecule has 4 heteroatoms. The molecule has 0 aliphatic carbocycles. The van der Waals surface area contributed by atoms with Gasteiger partial charge in [-0.25, -0.2) is 0 Å². The van der Waals surface area contributed by atoms with Crippen LogP contribution in [0.2, 0.25) is 0 Å². The maximum Gasteiger partial charge on any atom is 0.160 e. The normalized spacial score (nSPS) is 27.4. The molecule has 0 amide bonds. The molecule has 1 saturated heterocycles. The largest absolute Gasteiger partial charge is 0.352 e. The molecule has 102 valence electrons. The highest BCUT2D eigenvalue weighted by atomic mass is 16.7. The lowest BCUT2D eigenvalue weighted by molar-refractivity contribution is -0.132. The van der Waals surface area contributed by atoms with Gasteiger partial charge in [0.15, 0.2) is 6.29 Å². The Morgan fingerprint density at radius 3 is 2.71 bits per heavy atom. The summed E-state index contributed by atoms with van der Waals surface area (Å²) in [6.07, 6.45) is 2.02. The highest BCUT2D eigenvalue weighted by molar-refractivity contribution is 4.68. The maximum atomic E-state index is 5.93. The Morgan fingerprint density at radius 2 is 2.18 bits per heavy atom. The number of rotatable bonds is 6. The summed E-state index contributed by atoms with van der Waals surface area (Å²) in [5, 5.41) is 3.28. The van der Waals surface area contributed by atoms with E-state index in [0.29, 0.717) is 17.9 Å². The smallest absolute Gasteiger partial charge is 0.160 e. The third-order valence-electron chi connectivity index (χ3n) is 3.04. The molecule has 1 aliphatic rings. The average Bonchev–Trinajstić information content (AvgIpc) is 2.59. The Kier molecular flexibility index (Phi) is 5.86. The van der Waals surface area contributed by atoms with Crippen LogP contribution in [0.3, 0.4) is 0 Å². The molecular weight excluding hydrogens is 216 g/mol. The molecule has 4 nitrogen and oxygen atoms in total. The second-order valence-electron chi connectivity index (χ2n) is 6.21. The van der Waals surface area contributed by atoms with Crippen LogP contribution in [0.4, 0.5) is 0 Å². The van der Waals surface area contributed by atoms with Gasteiger partial charge >= 0.3 is 0 Å². The van der Waals surface area contributed by atoms with Gasteiger partial charge in [-0.2, -0.15) is 0 Å².